The summed E-state index contributed by atoms with van der Waals surface area (Å²) >= 11 is 0. The van der Waals surface area contributed by atoms with Gasteiger partial charge in [0.05, 0.1) is 0 Å². The van der Waals surface area contributed by atoms with Crippen LogP contribution in [0.15, 0.2) is 24.3 Å². The first-order valence-electron chi connectivity index (χ1n) is 7.32. The molecular formula is C16H30O. The molecule has 0 saturated heterocycles. The Labute approximate surface area is 108 Å². The van der Waals surface area contributed by atoms with Crippen LogP contribution in [0.5, 0.6) is 0 Å². The highest BCUT2D eigenvalue weighted by Crippen LogP contribution is 2.05. The monoisotopic (exact) mass is 238 g/mol. The van der Waals surface area contributed by atoms with Crippen molar-refractivity contribution in [3.8, 4) is 0 Å². The highest BCUT2D eigenvalue weighted by atomic mass is 16.2. The summed E-state index contributed by atoms with van der Waals surface area (Å²) in [4.78, 5) is 0. The SMILES string of the molecule is CCCC/C=C\C/C=C\CCCCCCCO. The van der Waals surface area contributed by atoms with Gasteiger partial charge in [0.2, 0.25) is 0 Å². The van der Waals surface area contributed by atoms with E-state index in [1.807, 2.05) is 0 Å². The Balaban J connectivity index is 3.11. The lowest BCUT2D eigenvalue weighted by atomic mass is 10.1. The van der Waals surface area contributed by atoms with Crippen molar-refractivity contribution < 1.29 is 5.11 Å². The van der Waals surface area contributed by atoms with Gasteiger partial charge in [-0.3, -0.25) is 0 Å². The van der Waals surface area contributed by atoms with Gasteiger partial charge in [-0.1, -0.05) is 63.3 Å². The molecule has 0 aliphatic rings. The van der Waals surface area contributed by atoms with E-state index in [4.69, 9.17) is 5.11 Å². The predicted octanol–water partition coefficient (Wildman–Crippen LogP) is 5.01. The van der Waals surface area contributed by atoms with Crippen molar-refractivity contribution in [3.05, 3.63) is 24.3 Å². The number of unbranched alkanes of at least 4 members (excludes halogenated alkanes) is 7. The van der Waals surface area contributed by atoms with Crippen molar-refractivity contribution in [1.82, 2.24) is 0 Å². The number of allylic oxidation sites excluding steroid dienone is 4. The smallest absolute Gasteiger partial charge is 0.0431 e. The Morgan fingerprint density at radius 1 is 0.706 bits per heavy atom. The highest BCUT2D eigenvalue weighted by molar-refractivity contribution is 4.92. The van der Waals surface area contributed by atoms with Gasteiger partial charge in [0, 0.05) is 6.61 Å². The van der Waals surface area contributed by atoms with E-state index in [0.717, 1.165) is 12.8 Å². The maximum Gasteiger partial charge on any atom is 0.0431 e. The van der Waals surface area contributed by atoms with E-state index in [1.165, 1.54) is 51.4 Å². The Hall–Kier alpha value is -0.560. The zero-order valence-corrected chi connectivity index (χ0v) is 11.5. The molecule has 0 amide bonds. The lowest BCUT2D eigenvalue weighted by Gasteiger charge is -1.97. The summed E-state index contributed by atoms with van der Waals surface area (Å²) in [6, 6.07) is 0. The van der Waals surface area contributed by atoms with Gasteiger partial charge in [-0.2, -0.15) is 0 Å². The van der Waals surface area contributed by atoms with Crippen LogP contribution in [0.25, 0.3) is 0 Å². The number of aliphatic hydroxyl groups is 1. The van der Waals surface area contributed by atoms with E-state index in [2.05, 4.69) is 31.2 Å². The molecule has 0 aromatic rings. The fraction of sp³-hybridized carbons (Fsp3) is 0.750. The van der Waals surface area contributed by atoms with Crippen LogP contribution in [0, 0.1) is 0 Å². The third kappa shape index (κ3) is 15.4. The molecule has 0 atom stereocenters. The van der Waals surface area contributed by atoms with Crippen molar-refractivity contribution in [2.75, 3.05) is 6.61 Å². The second-order valence-corrected chi connectivity index (χ2v) is 4.60. The van der Waals surface area contributed by atoms with E-state index in [0.29, 0.717) is 6.61 Å². The van der Waals surface area contributed by atoms with Gasteiger partial charge < -0.3 is 5.11 Å². The average Bonchev–Trinajstić information content (AvgIpc) is 2.35. The average molecular weight is 238 g/mol. The fourth-order valence-electron chi connectivity index (χ4n) is 1.73. The molecule has 1 heteroatoms. The molecule has 0 rings (SSSR count). The molecule has 0 aliphatic carbocycles. The minimum atomic E-state index is 0.351. The molecule has 0 fully saturated rings. The molecule has 100 valence electrons. The van der Waals surface area contributed by atoms with Crippen LogP contribution in [0.2, 0.25) is 0 Å². The summed E-state index contributed by atoms with van der Waals surface area (Å²) in [6.45, 7) is 2.58. The minimum Gasteiger partial charge on any atom is -0.396 e. The molecule has 0 unspecified atom stereocenters. The van der Waals surface area contributed by atoms with Gasteiger partial charge >= 0.3 is 0 Å². The molecule has 0 aromatic carbocycles. The normalized spacial score (nSPS) is 11.9. The van der Waals surface area contributed by atoms with Crippen molar-refractivity contribution in [3.63, 3.8) is 0 Å². The third-order valence-electron chi connectivity index (χ3n) is 2.86. The first-order chi connectivity index (χ1) is 8.41. The maximum absolute atomic E-state index is 8.63. The number of hydrogen-bond donors (Lipinski definition) is 1. The molecule has 17 heavy (non-hydrogen) atoms. The third-order valence-corrected chi connectivity index (χ3v) is 2.86. The van der Waals surface area contributed by atoms with Crippen molar-refractivity contribution in [2.45, 2.75) is 71.1 Å². The van der Waals surface area contributed by atoms with Crippen LogP contribution >= 0.6 is 0 Å². The number of aliphatic hydroxyl groups excluding tert-OH is 1. The van der Waals surface area contributed by atoms with Crippen LogP contribution in [-0.2, 0) is 0 Å². The van der Waals surface area contributed by atoms with Crippen molar-refractivity contribution >= 4 is 0 Å². The fourth-order valence-corrected chi connectivity index (χ4v) is 1.73. The van der Waals surface area contributed by atoms with Crippen LogP contribution < -0.4 is 0 Å². The van der Waals surface area contributed by atoms with Crippen LogP contribution in [0.4, 0.5) is 0 Å². The second-order valence-electron chi connectivity index (χ2n) is 4.60. The van der Waals surface area contributed by atoms with Crippen LogP contribution in [0.1, 0.15) is 71.1 Å². The van der Waals surface area contributed by atoms with Crippen molar-refractivity contribution in [1.29, 1.82) is 0 Å². The molecule has 1 nitrogen and oxygen atoms in total. The Morgan fingerprint density at radius 2 is 1.29 bits per heavy atom. The van der Waals surface area contributed by atoms with E-state index < -0.39 is 0 Å². The van der Waals surface area contributed by atoms with Crippen LogP contribution in [-0.4, -0.2) is 11.7 Å². The molecule has 0 aliphatic heterocycles. The molecule has 0 saturated carbocycles. The summed E-state index contributed by atoms with van der Waals surface area (Å²) in [5.74, 6) is 0. The summed E-state index contributed by atoms with van der Waals surface area (Å²) in [5, 5.41) is 8.63. The van der Waals surface area contributed by atoms with E-state index in [1.54, 1.807) is 0 Å². The Morgan fingerprint density at radius 3 is 1.94 bits per heavy atom. The molecule has 0 heterocycles. The summed E-state index contributed by atoms with van der Waals surface area (Å²) in [6.07, 6.45) is 21.3. The summed E-state index contributed by atoms with van der Waals surface area (Å²) < 4.78 is 0. The molecule has 0 spiro atoms. The first kappa shape index (κ1) is 16.4. The first-order valence-corrected chi connectivity index (χ1v) is 7.32. The zero-order valence-electron chi connectivity index (χ0n) is 11.5. The zero-order chi connectivity index (χ0) is 12.6. The maximum atomic E-state index is 8.63. The largest absolute Gasteiger partial charge is 0.396 e. The molecule has 0 radical (unpaired) electrons. The minimum absolute atomic E-state index is 0.351. The van der Waals surface area contributed by atoms with Crippen molar-refractivity contribution in [2.24, 2.45) is 0 Å². The van der Waals surface area contributed by atoms with Gasteiger partial charge in [-0.15, -0.1) is 0 Å². The van der Waals surface area contributed by atoms with E-state index in [9.17, 15) is 0 Å². The van der Waals surface area contributed by atoms with E-state index in [-0.39, 0.29) is 0 Å². The second kappa shape index (κ2) is 15.4. The molecular weight excluding hydrogens is 208 g/mol. The topological polar surface area (TPSA) is 20.2 Å². The predicted molar refractivity (Wildman–Crippen MR) is 77.2 cm³/mol. The van der Waals surface area contributed by atoms with Gasteiger partial charge in [0.15, 0.2) is 0 Å². The summed E-state index contributed by atoms with van der Waals surface area (Å²) in [7, 11) is 0. The van der Waals surface area contributed by atoms with Gasteiger partial charge in [0.25, 0.3) is 0 Å². The lowest BCUT2D eigenvalue weighted by molar-refractivity contribution is 0.282. The molecule has 0 aromatic heterocycles. The standard InChI is InChI=1S/C16H30O/c1-2-3-4-5-6-7-8-9-10-11-12-13-14-15-16-17/h5-6,8-9,17H,2-4,7,10-16H2,1H3/b6-5-,9-8-. The molecule has 0 bridgehead atoms. The lowest BCUT2D eigenvalue weighted by Crippen LogP contribution is -1.83. The Bertz CT molecular complexity index is 182. The number of hydrogen-bond acceptors (Lipinski definition) is 1. The molecule has 1 N–H and O–H groups in total. The van der Waals surface area contributed by atoms with Gasteiger partial charge in [-0.25, -0.2) is 0 Å². The van der Waals surface area contributed by atoms with Gasteiger partial charge in [-0.05, 0) is 32.1 Å². The van der Waals surface area contributed by atoms with Crippen LogP contribution in [0.3, 0.4) is 0 Å². The quantitative estimate of drug-likeness (QED) is 0.374. The van der Waals surface area contributed by atoms with E-state index >= 15 is 0 Å². The highest BCUT2D eigenvalue weighted by Gasteiger charge is 1.88. The number of rotatable bonds is 12. The summed E-state index contributed by atoms with van der Waals surface area (Å²) in [5.41, 5.74) is 0. The Kier molecular flexibility index (Phi) is 14.9. The van der Waals surface area contributed by atoms with Gasteiger partial charge in [0.1, 0.15) is 0 Å².